The van der Waals surface area contributed by atoms with Crippen LogP contribution in [0.1, 0.15) is 24.2 Å². The molecule has 1 saturated heterocycles. The molecule has 154 valence electrons. The number of carbonyl (C=O) groups is 1. The van der Waals surface area contributed by atoms with Crippen LogP contribution in [0, 0.1) is 0 Å². The van der Waals surface area contributed by atoms with Gasteiger partial charge in [0.1, 0.15) is 0 Å². The number of sulfonamides is 1. The van der Waals surface area contributed by atoms with Crippen LogP contribution in [0.15, 0.2) is 72.1 Å². The Balaban J connectivity index is 1.92. The van der Waals surface area contributed by atoms with Gasteiger partial charge in [-0.15, -0.1) is 6.58 Å². The van der Waals surface area contributed by atoms with Crippen LogP contribution in [0.25, 0.3) is 0 Å². The van der Waals surface area contributed by atoms with Gasteiger partial charge >= 0.3 is 0 Å². The molecule has 29 heavy (non-hydrogen) atoms. The van der Waals surface area contributed by atoms with Crippen molar-refractivity contribution >= 4 is 21.6 Å². The average Bonchev–Trinajstić information content (AvgIpc) is 2.71. The summed E-state index contributed by atoms with van der Waals surface area (Å²) in [5, 5.41) is 0. The number of hydrogen-bond acceptors (Lipinski definition) is 4. The molecule has 2 aromatic carbocycles. The highest BCUT2D eigenvalue weighted by Gasteiger charge is 2.32. The maximum absolute atomic E-state index is 13.1. The fourth-order valence-corrected chi connectivity index (χ4v) is 5.10. The molecule has 7 heteroatoms. The highest BCUT2D eigenvalue weighted by atomic mass is 32.2. The number of rotatable bonds is 6. The van der Waals surface area contributed by atoms with Crippen LogP contribution >= 0.6 is 0 Å². The molecule has 0 bridgehead atoms. The minimum absolute atomic E-state index is 0.108. The van der Waals surface area contributed by atoms with Crippen molar-refractivity contribution in [1.29, 1.82) is 0 Å². The van der Waals surface area contributed by atoms with Crippen molar-refractivity contribution in [2.45, 2.75) is 31.0 Å². The summed E-state index contributed by atoms with van der Waals surface area (Å²) in [6, 6.07) is 15.4. The fraction of sp³-hybridized carbons (Fsp3) is 0.318. The van der Waals surface area contributed by atoms with Gasteiger partial charge in [-0.2, -0.15) is 4.31 Å². The molecule has 1 aliphatic rings. The molecule has 3 rings (SSSR count). The van der Waals surface area contributed by atoms with E-state index in [2.05, 4.69) is 6.58 Å². The van der Waals surface area contributed by atoms with Gasteiger partial charge in [0.2, 0.25) is 10.0 Å². The van der Waals surface area contributed by atoms with Crippen LogP contribution in [-0.2, 0) is 14.8 Å². The minimum Gasteiger partial charge on any atom is -0.373 e. The molecule has 0 radical (unpaired) electrons. The summed E-state index contributed by atoms with van der Waals surface area (Å²) in [6.07, 6.45) is 1.28. The van der Waals surface area contributed by atoms with E-state index in [9.17, 15) is 13.2 Å². The summed E-state index contributed by atoms with van der Waals surface area (Å²) < 4.78 is 33.4. The number of para-hydroxylation sites is 1. The topological polar surface area (TPSA) is 66.9 Å². The Hall–Kier alpha value is -2.48. The minimum atomic E-state index is -3.72. The predicted octanol–water partition coefficient (Wildman–Crippen LogP) is 3.32. The van der Waals surface area contributed by atoms with Crippen LogP contribution in [0.5, 0.6) is 0 Å². The summed E-state index contributed by atoms with van der Waals surface area (Å²) in [4.78, 5) is 14.8. The Labute approximate surface area is 172 Å². The molecule has 0 saturated carbocycles. The van der Waals surface area contributed by atoms with Crippen LogP contribution in [0.4, 0.5) is 5.69 Å². The zero-order valence-electron chi connectivity index (χ0n) is 16.7. The van der Waals surface area contributed by atoms with Gasteiger partial charge in [-0.05, 0) is 44.2 Å². The molecule has 0 N–H and O–H groups in total. The van der Waals surface area contributed by atoms with E-state index in [4.69, 9.17) is 4.74 Å². The van der Waals surface area contributed by atoms with Crippen molar-refractivity contribution in [3.05, 3.63) is 72.8 Å². The summed E-state index contributed by atoms with van der Waals surface area (Å²) >= 11 is 0. The number of amides is 1. The standard InChI is InChI=1S/C22H26N2O4S/c1-4-13-24(20-10-6-5-7-11-20)22(25)19-9-8-12-21(14-19)29(26,27)23-15-17(2)28-18(3)16-23/h4-12,14,17-18H,1,13,15-16H2,2-3H3. The van der Waals surface area contributed by atoms with Gasteiger partial charge in [-0.25, -0.2) is 8.42 Å². The predicted molar refractivity (Wildman–Crippen MR) is 114 cm³/mol. The van der Waals surface area contributed by atoms with Gasteiger partial charge in [-0.3, -0.25) is 4.79 Å². The Morgan fingerprint density at radius 3 is 2.41 bits per heavy atom. The van der Waals surface area contributed by atoms with Crippen molar-refractivity contribution in [2.75, 3.05) is 24.5 Å². The van der Waals surface area contributed by atoms with Gasteiger partial charge in [-0.1, -0.05) is 30.3 Å². The van der Waals surface area contributed by atoms with Gasteiger partial charge in [0.25, 0.3) is 5.91 Å². The molecule has 1 aliphatic heterocycles. The molecule has 0 spiro atoms. The third-order valence-electron chi connectivity index (χ3n) is 4.73. The van der Waals surface area contributed by atoms with Gasteiger partial charge in [0.15, 0.2) is 0 Å². The lowest BCUT2D eigenvalue weighted by atomic mass is 10.1. The normalized spacial score (nSPS) is 20.2. The van der Waals surface area contributed by atoms with E-state index in [0.717, 1.165) is 5.69 Å². The first-order valence-electron chi connectivity index (χ1n) is 9.56. The molecule has 0 aromatic heterocycles. The van der Waals surface area contributed by atoms with Crippen LogP contribution in [0.2, 0.25) is 0 Å². The first-order valence-corrected chi connectivity index (χ1v) is 11.0. The van der Waals surface area contributed by atoms with E-state index in [1.807, 2.05) is 44.2 Å². The van der Waals surface area contributed by atoms with Crippen molar-refractivity contribution in [3.8, 4) is 0 Å². The van der Waals surface area contributed by atoms with Crippen molar-refractivity contribution in [2.24, 2.45) is 0 Å². The molecule has 6 nitrogen and oxygen atoms in total. The van der Waals surface area contributed by atoms with Gasteiger partial charge in [0.05, 0.1) is 17.1 Å². The largest absolute Gasteiger partial charge is 0.373 e. The Kier molecular flexibility index (Phi) is 6.52. The summed E-state index contributed by atoms with van der Waals surface area (Å²) in [6.45, 7) is 8.33. The van der Waals surface area contributed by atoms with E-state index in [1.54, 1.807) is 23.1 Å². The van der Waals surface area contributed by atoms with Crippen molar-refractivity contribution in [1.82, 2.24) is 4.31 Å². The maximum atomic E-state index is 13.1. The first-order chi connectivity index (χ1) is 13.8. The fourth-order valence-electron chi connectivity index (χ4n) is 3.46. The molecule has 0 aliphatic carbocycles. The molecule has 2 unspecified atom stereocenters. The second-order valence-corrected chi connectivity index (χ2v) is 9.09. The molecule has 1 amide bonds. The van der Waals surface area contributed by atoms with Crippen molar-refractivity contribution in [3.63, 3.8) is 0 Å². The zero-order chi connectivity index (χ0) is 21.0. The number of benzene rings is 2. The van der Waals surface area contributed by atoms with Crippen LogP contribution < -0.4 is 4.90 Å². The molecular weight excluding hydrogens is 388 g/mol. The SMILES string of the molecule is C=CCN(C(=O)c1cccc(S(=O)(=O)N2CC(C)OC(C)C2)c1)c1ccccc1. The average molecular weight is 415 g/mol. The Morgan fingerprint density at radius 2 is 1.79 bits per heavy atom. The molecular formula is C22H26N2O4S. The van der Waals surface area contributed by atoms with E-state index >= 15 is 0 Å². The van der Waals surface area contributed by atoms with Crippen molar-refractivity contribution < 1.29 is 17.9 Å². The lowest BCUT2D eigenvalue weighted by Gasteiger charge is -2.34. The third kappa shape index (κ3) is 4.75. The zero-order valence-corrected chi connectivity index (χ0v) is 17.5. The summed E-state index contributed by atoms with van der Waals surface area (Å²) in [5.41, 5.74) is 1.03. The third-order valence-corrected chi connectivity index (χ3v) is 6.56. The monoisotopic (exact) mass is 414 g/mol. The van der Waals surface area contributed by atoms with Gasteiger partial charge < -0.3 is 9.64 Å². The lowest BCUT2D eigenvalue weighted by molar-refractivity contribution is -0.0440. The molecule has 1 fully saturated rings. The number of anilines is 1. The molecule has 2 aromatic rings. The van der Waals surface area contributed by atoms with E-state index < -0.39 is 10.0 Å². The summed E-state index contributed by atoms with van der Waals surface area (Å²) in [7, 11) is -3.72. The van der Waals surface area contributed by atoms with E-state index in [1.165, 1.54) is 16.4 Å². The maximum Gasteiger partial charge on any atom is 0.258 e. The Morgan fingerprint density at radius 1 is 1.14 bits per heavy atom. The highest BCUT2D eigenvalue weighted by molar-refractivity contribution is 7.89. The lowest BCUT2D eigenvalue weighted by Crippen LogP contribution is -2.48. The number of ether oxygens (including phenoxy) is 1. The molecule has 2 atom stereocenters. The Bertz CT molecular complexity index is 965. The van der Waals surface area contributed by atoms with E-state index in [-0.39, 0.29) is 36.1 Å². The number of hydrogen-bond donors (Lipinski definition) is 0. The van der Waals surface area contributed by atoms with E-state index in [0.29, 0.717) is 12.1 Å². The highest BCUT2D eigenvalue weighted by Crippen LogP contribution is 2.23. The van der Waals surface area contributed by atoms with Crippen LogP contribution in [0.3, 0.4) is 0 Å². The number of morpholine rings is 1. The van der Waals surface area contributed by atoms with Crippen LogP contribution in [-0.4, -0.2) is 50.5 Å². The second kappa shape index (κ2) is 8.90. The number of carbonyl (C=O) groups excluding carboxylic acids is 1. The second-order valence-electron chi connectivity index (χ2n) is 7.15. The number of nitrogens with zero attached hydrogens (tertiary/aromatic N) is 2. The summed E-state index contributed by atoms with van der Waals surface area (Å²) in [5.74, 6) is -0.281. The molecule has 1 heterocycles. The smallest absolute Gasteiger partial charge is 0.258 e. The van der Waals surface area contributed by atoms with Gasteiger partial charge in [0, 0.05) is 30.9 Å². The first kappa shape index (κ1) is 21.2. The quantitative estimate of drug-likeness (QED) is 0.680.